The molecule has 0 aliphatic carbocycles. The third-order valence-electron chi connectivity index (χ3n) is 5.64. The molecular formula is C24H23F3N6O3S. The van der Waals surface area contributed by atoms with Crippen LogP contribution in [0.2, 0.25) is 0 Å². The van der Waals surface area contributed by atoms with E-state index in [-0.39, 0.29) is 30.4 Å². The van der Waals surface area contributed by atoms with E-state index < -0.39 is 23.0 Å². The quantitative estimate of drug-likeness (QED) is 0.328. The molecule has 37 heavy (non-hydrogen) atoms. The lowest BCUT2D eigenvalue weighted by molar-refractivity contribution is -0.137. The first-order chi connectivity index (χ1) is 17.7. The molecule has 0 saturated carbocycles. The molecular weight excluding hydrogens is 509 g/mol. The zero-order chi connectivity index (χ0) is 26.4. The van der Waals surface area contributed by atoms with E-state index in [1.165, 1.54) is 12.3 Å². The number of benzene rings is 2. The molecule has 1 aromatic heterocycles. The Bertz CT molecular complexity index is 1290. The van der Waals surface area contributed by atoms with Gasteiger partial charge in [0.1, 0.15) is 6.54 Å². The van der Waals surface area contributed by atoms with Gasteiger partial charge >= 0.3 is 6.18 Å². The zero-order valence-corrected chi connectivity index (χ0v) is 20.3. The average Bonchev–Trinajstić information content (AvgIpc) is 2.89. The van der Waals surface area contributed by atoms with Crippen molar-refractivity contribution in [3.05, 3.63) is 65.9 Å². The molecule has 1 atom stereocenters. The predicted octanol–water partition coefficient (Wildman–Crippen LogP) is 4.20. The van der Waals surface area contributed by atoms with Crippen LogP contribution in [0.3, 0.4) is 0 Å². The maximum atomic E-state index is 13.8. The summed E-state index contributed by atoms with van der Waals surface area (Å²) in [5.41, 5.74) is 1.52. The first-order valence-corrected chi connectivity index (χ1v) is 12.3. The molecule has 0 spiro atoms. The Morgan fingerprint density at radius 2 is 1.89 bits per heavy atom. The number of ether oxygens (including phenoxy) is 1. The lowest BCUT2D eigenvalue weighted by Gasteiger charge is -2.31. The van der Waals surface area contributed by atoms with E-state index in [0.29, 0.717) is 43.1 Å². The van der Waals surface area contributed by atoms with Crippen LogP contribution >= 0.6 is 0 Å². The molecule has 2 N–H and O–H groups in total. The Morgan fingerprint density at radius 3 is 2.54 bits per heavy atom. The van der Waals surface area contributed by atoms with Crippen LogP contribution < -0.4 is 10.2 Å². The van der Waals surface area contributed by atoms with Crippen molar-refractivity contribution in [2.24, 2.45) is 0 Å². The molecule has 2 heterocycles. The van der Waals surface area contributed by atoms with Crippen molar-refractivity contribution in [1.29, 1.82) is 5.26 Å². The van der Waals surface area contributed by atoms with Crippen LogP contribution in [0.15, 0.2) is 54.7 Å². The van der Waals surface area contributed by atoms with Gasteiger partial charge in [-0.15, -0.1) is 0 Å². The summed E-state index contributed by atoms with van der Waals surface area (Å²) in [4.78, 5) is 10.2. The number of morpholine rings is 1. The third kappa shape index (κ3) is 6.80. The highest BCUT2D eigenvalue weighted by Gasteiger charge is 2.35. The molecule has 2 aromatic carbocycles. The Hall–Kier alpha value is -3.57. The van der Waals surface area contributed by atoms with Gasteiger partial charge in [0.05, 0.1) is 30.5 Å². The average molecular weight is 533 g/mol. The van der Waals surface area contributed by atoms with Crippen LogP contribution in [0.5, 0.6) is 0 Å². The van der Waals surface area contributed by atoms with E-state index in [2.05, 4.69) is 15.3 Å². The predicted molar refractivity (Wildman–Crippen MR) is 132 cm³/mol. The summed E-state index contributed by atoms with van der Waals surface area (Å²) in [5.74, 6) is 0.129. The Balaban J connectivity index is 1.52. The van der Waals surface area contributed by atoms with E-state index in [0.717, 1.165) is 10.4 Å². The minimum Gasteiger partial charge on any atom is -0.378 e. The van der Waals surface area contributed by atoms with Crippen molar-refractivity contribution >= 4 is 28.6 Å². The molecule has 0 radical (unpaired) electrons. The lowest BCUT2D eigenvalue weighted by Crippen LogP contribution is -2.37. The highest BCUT2D eigenvalue weighted by molar-refractivity contribution is 7.76. The van der Waals surface area contributed by atoms with Gasteiger partial charge in [0.15, 0.2) is 0 Å². The molecule has 1 aliphatic heterocycles. The molecule has 3 aromatic rings. The van der Waals surface area contributed by atoms with Gasteiger partial charge in [-0.25, -0.2) is 14.2 Å². The molecule has 1 aliphatic rings. The van der Waals surface area contributed by atoms with Crippen molar-refractivity contribution in [3.63, 3.8) is 0 Å². The number of nitrogens with one attached hydrogen (secondary N) is 1. The first-order valence-electron chi connectivity index (χ1n) is 11.2. The molecule has 9 nitrogen and oxygen atoms in total. The van der Waals surface area contributed by atoms with E-state index in [4.69, 9.17) is 10.00 Å². The zero-order valence-electron chi connectivity index (χ0n) is 19.5. The minimum atomic E-state index is -4.54. The van der Waals surface area contributed by atoms with Crippen LogP contribution in [-0.4, -0.2) is 55.9 Å². The molecule has 0 bridgehead atoms. The van der Waals surface area contributed by atoms with E-state index in [1.807, 2.05) is 6.07 Å². The summed E-state index contributed by atoms with van der Waals surface area (Å²) in [5, 5.41) is 11.7. The summed E-state index contributed by atoms with van der Waals surface area (Å²) in [6.45, 7) is 1.42. The maximum absolute atomic E-state index is 13.8. The minimum absolute atomic E-state index is 0.106. The Labute approximate surface area is 213 Å². The normalized spacial score (nSPS) is 14.9. The smallest absolute Gasteiger partial charge is 0.378 e. The van der Waals surface area contributed by atoms with Gasteiger partial charge in [-0.1, -0.05) is 24.3 Å². The largest absolute Gasteiger partial charge is 0.418 e. The second-order valence-corrected chi connectivity index (χ2v) is 9.08. The van der Waals surface area contributed by atoms with Crippen LogP contribution in [0.1, 0.15) is 11.1 Å². The molecule has 1 unspecified atom stereocenters. The second-order valence-electron chi connectivity index (χ2n) is 8.10. The number of hydrogen-bond acceptors (Lipinski definition) is 7. The van der Waals surface area contributed by atoms with Crippen LogP contribution in [-0.2, 0) is 28.7 Å². The van der Waals surface area contributed by atoms with E-state index >= 15 is 0 Å². The van der Waals surface area contributed by atoms with Gasteiger partial charge in [-0.3, -0.25) is 4.55 Å². The van der Waals surface area contributed by atoms with E-state index in [9.17, 15) is 21.9 Å². The maximum Gasteiger partial charge on any atom is 0.418 e. The number of aromatic nitrogens is 2. The fraction of sp³-hybridized carbons (Fsp3) is 0.292. The summed E-state index contributed by atoms with van der Waals surface area (Å²) < 4.78 is 68.5. The third-order valence-corrected chi connectivity index (χ3v) is 6.34. The van der Waals surface area contributed by atoms with Crippen LogP contribution in [0.25, 0.3) is 11.3 Å². The first kappa shape index (κ1) is 26.5. The van der Waals surface area contributed by atoms with Gasteiger partial charge in [0, 0.05) is 42.8 Å². The number of anilines is 3. The SMILES string of the molecule is N#CCN(Cc1ccc(-c2ccnc(Nc3ccc(N4CCOCC4)c(C(F)(F)F)c3)n2)cc1)S(=O)O. The number of nitriles is 1. The van der Waals surface area contributed by atoms with Crippen molar-refractivity contribution in [2.45, 2.75) is 12.7 Å². The monoisotopic (exact) mass is 532 g/mol. The van der Waals surface area contributed by atoms with Gasteiger partial charge < -0.3 is 15.0 Å². The molecule has 1 saturated heterocycles. The molecule has 4 rings (SSSR count). The fourth-order valence-corrected chi connectivity index (χ4v) is 4.29. The Kier molecular flexibility index (Phi) is 8.34. The standard InChI is InChI=1S/C24H23F3N6O3S/c25-24(26,27)20-15-19(5-6-22(20)32-11-13-36-14-12-32)30-23-29-9-7-21(31-23)18-3-1-17(2-4-18)16-33(10-8-28)37(34)35/h1-7,9,15H,10-14,16H2,(H,34,35)(H,29,30,31). The highest BCUT2D eigenvalue weighted by atomic mass is 32.2. The van der Waals surface area contributed by atoms with Crippen LogP contribution in [0.4, 0.5) is 30.5 Å². The lowest BCUT2D eigenvalue weighted by atomic mass is 10.1. The number of halogens is 3. The topological polar surface area (TPSA) is 115 Å². The van der Waals surface area contributed by atoms with Gasteiger partial charge in [0.2, 0.25) is 17.2 Å². The van der Waals surface area contributed by atoms with Gasteiger partial charge in [0.25, 0.3) is 0 Å². The summed E-state index contributed by atoms with van der Waals surface area (Å²) >= 11 is -2.28. The summed E-state index contributed by atoms with van der Waals surface area (Å²) in [6.07, 6.45) is -3.05. The van der Waals surface area contributed by atoms with E-state index in [1.54, 1.807) is 41.3 Å². The molecule has 1 fully saturated rings. The Morgan fingerprint density at radius 1 is 1.16 bits per heavy atom. The summed E-state index contributed by atoms with van der Waals surface area (Å²) in [6, 6.07) is 14.5. The van der Waals surface area contributed by atoms with Gasteiger partial charge in [-0.2, -0.15) is 22.7 Å². The van der Waals surface area contributed by atoms with Crippen molar-refractivity contribution in [1.82, 2.24) is 14.3 Å². The second kappa shape index (κ2) is 11.7. The highest BCUT2D eigenvalue weighted by Crippen LogP contribution is 2.39. The van der Waals surface area contributed by atoms with Crippen molar-refractivity contribution < 1.29 is 26.7 Å². The summed E-state index contributed by atoms with van der Waals surface area (Å²) in [7, 11) is 0. The molecule has 0 amide bonds. The number of nitrogens with zero attached hydrogens (tertiary/aromatic N) is 5. The number of alkyl halides is 3. The van der Waals surface area contributed by atoms with Crippen molar-refractivity contribution in [3.8, 4) is 17.3 Å². The van der Waals surface area contributed by atoms with Gasteiger partial charge in [-0.05, 0) is 29.8 Å². The number of rotatable bonds is 8. The van der Waals surface area contributed by atoms with Crippen molar-refractivity contribution in [2.75, 3.05) is 43.1 Å². The molecule has 13 heteroatoms. The van der Waals surface area contributed by atoms with Crippen LogP contribution in [0, 0.1) is 11.3 Å². The fourth-order valence-electron chi connectivity index (χ4n) is 3.86. The molecule has 194 valence electrons. The number of hydrogen-bond donors (Lipinski definition) is 2.